The Labute approximate surface area is 97.4 Å². The van der Waals surface area contributed by atoms with Gasteiger partial charge in [0.2, 0.25) is 0 Å². The predicted molar refractivity (Wildman–Crippen MR) is 69.0 cm³/mol. The first kappa shape index (κ1) is 12.6. The minimum Gasteiger partial charge on any atom is -0.495 e. The van der Waals surface area contributed by atoms with Crippen LogP contribution in [-0.2, 0) is 0 Å². The zero-order valence-electron chi connectivity index (χ0n) is 10.4. The summed E-state index contributed by atoms with van der Waals surface area (Å²) in [6, 6.07) is 6.20. The number of likely N-dealkylation sites (N-methyl/N-ethyl adjacent to an activating group) is 1. The summed E-state index contributed by atoms with van der Waals surface area (Å²) < 4.78 is 5.16. The molecule has 1 rings (SSSR count). The Hall–Kier alpha value is -1.42. The minimum atomic E-state index is 0.476. The number of rotatable bonds is 5. The molecule has 4 heteroatoms. The molecule has 0 amide bonds. The second-order valence-corrected chi connectivity index (χ2v) is 4.15. The Balaban J connectivity index is 2.61. The molecule has 0 aliphatic carbocycles. The number of ether oxygens (including phenoxy) is 1. The third kappa shape index (κ3) is 3.31. The van der Waals surface area contributed by atoms with Gasteiger partial charge in [0.25, 0.3) is 0 Å². The van der Waals surface area contributed by atoms with Crippen molar-refractivity contribution >= 4 is 11.4 Å². The third-order valence-electron chi connectivity index (χ3n) is 2.72. The summed E-state index contributed by atoms with van der Waals surface area (Å²) in [4.78, 5) is 2.17. The van der Waals surface area contributed by atoms with E-state index in [-0.39, 0.29) is 0 Å². The molecular weight excluding hydrogens is 202 g/mol. The van der Waals surface area contributed by atoms with Crippen LogP contribution in [0.3, 0.4) is 0 Å². The van der Waals surface area contributed by atoms with Gasteiger partial charge in [-0.3, -0.25) is 0 Å². The first-order chi connectivity index (χ1) is 7.54. The minimum absolute atomic E-state index is 0.476. The molecule has 1 aromatic rings. The van der Waals surface area contributed by atoms with Crippen LogP contribution in [0.1, 0.15) is 6.92 Å². The lowest BCUT2D eigenvalue weighted by molar-refractivity contribution is 0.326. The van der Waals surface area contributed by atoms with Crippen LogP contribution in [0, 0.1) is 0 Å². The van der Waals surface area contributed by atoms with Gasteiger partial charge in [0.05, 0.1) is 12.8 Å². The largest absolute Gasteiger partial charge is 0.495 e. The number of nitrogens with one attached hydrogen (secondary N) is 1. The Morgan fingerprint density at radius 1 is 1.44 bits per heavy atom. The molecule has 0 saturated heterocycles. The van der Waals surface area contributed by atoms with Crippen molar-refractivity contribution in [3.63, 3.8) is 0 Å². The first-order valence-corrected chi connectivity index (χ1v) is 5.38. The maximum Gasteiger partial charge on any atom is 0.143 e. The van der Waals surface area contributed by atoms with Crippen LogP contribution in [0.15, 0.2) is 18.2 Å². The number of nitrogens with two attached hydrogens (primary N) is 1. The first-order valence-electron chi connectivity index (χ1n) is 5.38. The maximum atomic E-state index is 5.74. The van der Waals surface area contributed by atoms with Gasteiger partial charge in [0.1, 0.15) is 5.75 Å². The fourth-order valence-corrected chi connectivity index (χ4v) is 1.27. The summed E-state index contributed by atoms with van der Waals surface area (Å²) >= 11 is 0. The Bertz CT molecular complexity index is 339. The van der Waals surface area contributed by atoms with Crippen molar-refractivity contribution in [2.24, 2.45) is 0 Å². The Morgan fingerprint density at radius 3 is 2.69 bits per heavy atom. The van der Waals surface area contributed by atoms with Crippen LogP contribution in [0.25, 0.3) is 0 Å². The summed E-state index contributed by atoms with van der Waals surface area (Å²) in [7, 11) is 5.75. The number of hydrogen-bond donors (Lipinski definition) is 2. The molecule has 0 bridgehead atoms. The molecular formula is C12H21N3O. The number of methoxy groups -OCH3 is 1. The number of benzene rings is 1. The van der Waals surface area contributed by atoms with Crippen LogP contribution in [0.4, 0.5) is 11.4 Å². The number of anilines is 2. The smallest absolute Gasteiger partial charge is 0.143 e. The normalized spacial score (nSPS) is 12.6. The van der Waals surface area contributed by atoms with E-state index in [0.717, 1.165) is 12.2 Å². The molecule has 0 heterocycles. The highest BCUT2D eigenvalue weighted by molar-refractivity contribution is 5.61. The second kappa shape index (κ2) is 5.61. The summed E-state index contributed by atoms with van der Waals surface area (Å²) in [6.45, 7) is 3.06. The van der Waals surface area contributed by atoms with Crippen molar-refractivity contribution in [1.29, 1.82) is 0 Å². The number of nitrogens with zero attached hydrogens (tertiary/aromatic N) is 1. The van der Waals surface area contributed by atoms with E-state index in [4.69, 9.17) is 10.5 Å². The monoisotopic (exact) mass is 223 g/mol. The highest BCUT2D eigenvalue weighted by Gasteiger charge is 2.05. The Kier molecular flexibility index (Phi) is 4.43. The molecule has 1 unspecified atom stereocenters. The van der Waals surface area contributed by atoms with E-state index in [9.17, 15) is 0 Å². The summed E-state index contributed by atoms with van der Waals surface area (Å²) in [5, 5.41) is 3.35. The Morgan fingerprint density at radius 2 is 2.12 bits per heavy atom. The van der Waals surface area contributed by atoms with Crippen molar-refractivity contribution < 1.29 is 4.74 Å². The molecule has 1 atom stereocenters. The fourth-order valence-electron chi connectivity index (χ4n) is 1.27. The van der Waals surface area contributed by atoms with E-state index in [2.05, 4.69) is 31.2 Å². The van der Waals surface area contributed by atoms with E-state index in [1.807, 2.05) is 18.2 Å². The fraction of sp³-hybridized carbons (Fsp3) is 0.500. The van der Waals surface area contributed by atoms with E-state index in [0.29, 0.717) is 17.5 Å². The average Bonchev–Trinajstić information content (AvgIpc) is 2.27. The lowest BCUT2D eigenvalue weighted by Gasteiger charge is -2.20. The highest BCUT2D eigenvalue weighted by atomic mass is 16.5. The van der Waals surface area contributed by atoms with Crippen molar-refractivity contribution in [3.8, 4) is 5.75 Å². The van der Waals surface area contributed by atoms with Gasteiger partial charge in [-0.05, 0) is 33.2 Å². The topological polar surface area (TPSA) is 50.5 Å². The van der Waals surface area contributed by atoms with E-state index >= 15 is 0 Å². The molecule has 4 nitrogen and oxygen atoms in total. The van der Waals surface area contributed by atoms with Crippen LogP contribution >= 0.6 is 0 Å². The summed E-state index contributed by atoms with van der Waals surface area (Å²) in [6.07, 6.45) is 0. The van der Waals surface area contributed by atoms with Crippen LogP contribution in [-0.4, -0.2) is 38.7 Å². The molecule has 1 aromatic carbocycles. The van der Waals surface area contributed by atoms with E-state index in [1.165, 1.54) is 0 Å². The molecule has 90 valence electrons. The molecule has 0 aromatic heterocycles. The average molecular weight is 223 g/mol. The van der Waals surface area contributed by atoms with Crippen molar-refractivity contribution in [2.75, 3.05) is 38.8 Å². The molecule has 3 N–H and O–H groups in total. The quantitative estimate of drug-likeness (QED) is 0.745. The van der Waals surface area contributed by atoms with Gasteiger partial charge in [-0.25, -0.2) is 0 Å². The van der Waals surface area contributed by atoms with Gasteiger partial charge in [-0.2, -0.15) is 0 Å². The zero-order valence-corrected chi connectivity index (χ0v) is 10.4. The molecule has 0 fully saturated rings. The lowest BCUT2D eigenvalue weighted by Crippen LogP contribution is -2.31. The standard InChI is InChI=1S/C12H21N3O/c1-9(15(2)3)8-14-10-5-6-11(13)12(7-10)16-4/h5-7,9,14H,8,13H2,1-4H3. The zero-order chi connectivity index (χ0) is 12.1. The number of nitrogen functional groups attached to an aromatic ring is 1. The van der Waals surface area contributed by atoms with Gasteiger partial charge in [-0.1, -0.05) is 0 Å². The van der Waals surface area contributed by atoms with Crippen LogP contribution in [0.2, 0.25) is 0 Å². The lowest BCUT2D eigenvalue weighted by atomic mass is 10.2. The van der Waals surface area contributed by atoms with Gasteiger partial charge >= 0.3 is 0 Å². The SMILES string of the molecule is COc1cc(NCC(C)N(C)C)ccc1N. The third-order valence-corrected chi connectivity index (χ3v) is 2.72. The van der Waals surface area contributed by atoms with Gasteiger partial charge < -0.3 is 20.7 Å². The molecule has 0 aliphatic heterocycles. The summed E-state index contributed by atoms with van der Waals surface area (Å²) in [5.74, 6) is 0.711. The molecule has 0 radical (unpaired) electrons. The van der Waals surface area contributed by atoms with Gasteiger partial charge in [0.15, 0.2) is 0 Å². The molecule has 0 saturated carbocycles. The highest BCUT2D eigenvalue weighted by Crippen LogP contribution is 2.24. The van der Waals surface area contributed by atoms with Crippen molar-refractivity contribution in [3.05, 3.63) is 18.2 Å². The number of hydrogen-bond acceptors (Lipinski definition) is 4. The molecule has 0 aliphatic rings. The van der Waals surface area contributed by atoms with Crippen molar-refractivity contribution in [1.82, 2.24) is 4.90 Å². The van der Waals surface area contributed by atoms with Crippen LogP contribution < -0.4 is 15.8 Å². The predicted octanol–water partition coefficient (Wildman–Crippen LogP) is 1.64. The van der Waals surface area contributed by atoms with Gasteiger partial charge in [0, 0.05) is 24.3 Å². The maximum absolute atomic E-state index is 5.74. The summed E-state index contributed by atoms with van der Waals surface area (Å²) in [5.41, 5.74) is 7.43. The molecule has 0 spiro atoms. The van der Waals surface area contributed by atoms with Crippen molar-refractivity contribution in [2.45, 2.75) is 13.0 Å². The van der Waals surface area contributed by atoms with Gasteiger partial charge in [-0.15, -0.1) is 0 Å². The second-order valence-electron chi connectivity index (χ2n) is 4.15. The molecule has 16 heavy (non-hydrogen) atoms. The van der Waals surface area contributed by atoms with E-state index in [1.54, 1.807) is 7.11 Å². The van der Waals surface area contributed by atoms with E-state index < -0.39 is 0 Å². The van der Waals surface area contributed by atoms with Crippen LogP contribution in [0.5, 0.6) is 5.75 Å².